The lowest BCUT2D eigenvalue weighted by Crippen LogP contribution is -2.26. The zero-order valence-corrected chi connectivity index (χ0v) is 11.4. The van der Waals surface area contributed by atoms with Crippen LogP contribution in [-0.4, -0.2) is 12.6 Å². The van der Waals surface area contributed by atoms with E-state index in [1.54, 1.807) is 12.1 Å². The van der Waals surface area contributed by atoms with Gasteiger partial charge in [-0.05, 0) is 38.6 Å². The van der Waals surface area contributed by atoms with E-state index in [0.29, 0.717) is 5.56 Å². The third-order valence-electron chi connectivity index (χ3n) is 2.53. The Bertz CT molecular complexity index is 388. The lowest BCUT2D eigenvalue weighted by Gasteiger charge is -2.13. The Labute approximate surface area is 105 Å². The lowest BCUT2D eigenvalue weighted by atomic mass is 10.1. The van der Waals surface area contributed by atoms with Crippen LogP contribution in [0.3, 0.4) is 0 Å². The molecule has 1 rings (SSSR count). The van der Waals surface area contributed by atoms with Gasteiger partial charge < -0.3 is 5.32 Å². The summed E-state index contributed by atoms with van der Waals surface area (Å²) >= 11 is 3.34. The summed E-state index contributed by atoms with van der Waals surface area (Å²) in [6, 6.07) is 5.23. The molecular weight excluding hydrogens is 269 g/mol. The molecule has 0 aliphatic heterocycles. The number of hydrogen-bond donors (Lipinski definition) is 1. The van der Waals surface area contributed by atoms with Crippen molar-refractivity contribution in [3.05, 3.63) is 39.6 Å². The van der Waals surface area contributed by atoms with E-state index in [4.69, 9.17) is 0 Å². The van der Waals surface area contributed by atoms with Crippen LogP contribution in [0.1, 0.15) is 26.3 Å². The van der Waals surface area contributed by atoms with Crippen molar-refractivity contribution in [2.24, 2.45) is 0 Å². The van der Waals surface area contributed by atoms with Gasteiger partial charge in [-0.1, -0.05) is 34.5 Å². The Morgan fingerprint density at radius 3 is 2.88 bits per heavy atom. The highest BCUT2D eigenvalue weighted by molar-refractivity contribution is 9.10. The second kappa shape index (κ2) is 6.16. The van der Waals surface area contributed by atoms with Crippen molar-refractivity contribution >= 4 is 22.0 Å². The Balaban J connectivity index is 2.92. The second-order valence-electron chi connectivity index (χ2n) is 3.83. The summed E-state index contributed by atoms with van der Waals surface area (Å²) in [6.45, 7) is 7.05. The van der Waals surface area contributed by atoms with Crippen LogP contribution in [0.2, 0.25) is 0 Å². The third kappa shape index (κ3) is 3.72. The van der Waals surface area contributed by atoms with Gasteiger partial charge in [0.25, 0.3) is 0 Å². The van der Waals surface area contributed by atoms with Gasteiger partial charge in [-0.2, -0.15) is 0 Å². The standard InChI is InChI=1S/C13H17BrFN/c1-4-16-10(3)9(2)7-11-8-12(14)5-6-13(11)15/h5-8,10,16H,4H2,1-3H3/b9-7+. The normalized spacial score (nSPS) is 13.9. The van der Waals surface area contributed by atoms with Crippen LogP contribution in [0.25, 0.3) is 6.08 Å². The van der Waals surface area contributed by atoms with Crippen LogP contribution in [0.15, 0.2) is 28.2 Å². The Morgan fingerprint density at radius 1 is 1.56 bits per heavy atom. The van der Waals surface area contributed by atoms with Gasteiger partial charge in [-0.25, -0.2) is 4.39 Å². The number of benzene rings is 1. The highest BCUT2D eigenvalue weighted by Gasteiger charge is 2.05. The fourth-order valence-corrected chi connectivity index (χ4v) is 1.84. The molecule has 1 atom stereocenters. The van der Waals surface area contributed by atoms with Crippen molar-refractivity contribution in [2.45, 2.75) is 26.8 Å². The van der Waals surface area contributed by atoms with Crippen molar-refractivity contribution in [2.75, 3.05) is 6.54 Å². The van der Waals surface area contributed by atoms with E-state index < -0.39 is 0 Å². The Hall–Kier alpha value is -0.670. The smallest absolute Gasteiger partial charge is 0.130 e. The molecule has 88 valence electrons. The second-order valence-corrected chi connectivity index (χ2v) is 4.75. The first-order valence-corrected chi connectivity index (χ1v) is 6.20. The SMILES string of the molecule is CCNC(C)/C(C)=C/c1cc(Br)ccc1F. The van der Waals surface area contributed by atoms with Gasteiger partial charge >= 0.3 is 0 Å². The van der Waals surface area contributed by atoms with Gasteiger partial charge in [0.15, 0.2) is 0 Å². The molecule has 0 fully saturated rings. The predicted molar refractivity (Wildman–Crippen MR) is 70.9 cm³/mol. The molecule has 0 heterocycles. The molecule has 1 unspecified atom stereocenters. The highest BCUT2D eigenvalue weighted by atomic mass is 79.9. The van der Waals surface area contributed by atoms with Crippen LogP contribution in [0.5, 0.6) is 0 Å². The minimum Gasteiger partial charge on any atom is -0.311 e. The fourth-order valence-electron chi connectivity index (χ4n) is 1.46. The quantitative estimate of drug-likeness (QED) is 0.882. The summed E-state index contributed by atoms with van der Waals surface area (Å²) in [4.78, 5) is 0. The summed E-state index contributed by atoms with van der Waals surface area (Å²) in [5.41, 5.74) is 1.75. The maximum absolute atomic E-state index is 13.5. The van der Waals surface area contributed by atoms with Crippen LogP contribution in [0.4, 0.5) is 4.39 Å². The first-order chi connectivity index (χ1) is 7.54. The van der Waals surface area contributed by atoms with E-state index in [9.17, 15) is 4.39 Å². The van der Waals surface area contributed by atoms with Gasteiger partial charge in [0.1, 0.15) is 5.82 Å². The van der Waals surface area contributed by atoms with E-state index in [2.05, 4.69) is 35.1 Å². The zero-order valence-electron chi connectivity index (χ0n) is 9.85. The van der Waals surface area contributed by atoms with Gasteiger partial charge in [0.2, 0.25) is 0 Å². The monoisotopic (exact) mass is 285 g/mol. The number of halogens is 2. The van der Waals surface area contributed by atoms with Gasteiger partial charge in [0.05, 0.1) is 0 Å². The van der Waals surface area contributed by atoms with Crippen LogP contribution in [-0.2, 0) is 0 Å². The molecule has 0 spiro atoms. The average molecular weight is 286 g/mol. The van der Waals surface area contributed by atoms with E-state index in [-0.39, 0.29) is 11.9 Å². The molecule has 1 aromatic rings. The van der Waals surface area contributed by atoms with E-state index in [1.165, 1.54) is 6.07 Å². The molecule has 0 bridgehead atoms. The minimum absolute atomic E-state index is 0.189. The number of nitrogens with one attached hydrogen (secondary N) is 1. The first-order valence-electron chi connectivity index (χ1n) is 5.41. The van der Waals surface area contributed by atoms with Crippen LogP contribution < -0.4 is 5.32 Å². The Kier molecular flexibility index (Phi) is 5.16. The summed E-state index contributed by atoms with van der Waals surface area (Å²) in [5.74, 6) is -0.189. The molecule has 0 radical (unpaired) electrons. The highest BCUT2D eigenvalue weighted by Crippen LogP contribution is 2.18. The van der Waals surface area contributed by atoms with E-state index >= 15 is 0 Å². The number of rotatable bonds is 4. The van der Waals surface area contributed by atoms with E-state index in [0.717, 1.165) is 16.6 Å². The number of likely N-dealkylation sites (N-methyl/N-ethyl adjacent to an activating group) is 1. The summed E-state index contributed by atoms with van der Waals surface area (Å²) in [7, 11) is 0. The topological polar surface area (TPSA) is 12.0 Å². The van der Waals surface area contributed by atoms with Gasteiger partial charge in [-0.3, -0.25) is 0 Å². The van der Waals surface area contributed by atoms with Crippen molar-refractivity contribution < 1.29 is 4.39 Å². The molecule has 1 nitrogen and oxygen atoms in total. The van der Waals surface area contributed by atoms with E-state index in [1.807, 2.05) is 13.0 Å². The molecule has 0 aromatic heterocycles. The summed E-state index contributed by atoms with van der Waals surface area (Å²) in [5, 5.41) is 3.30. The van der Waals surface area contributed by atoms with Gasteiger partial charge in [-0.15, -0.1) is 0 Å². The maximum atomic E-state index is 13.5. The lowest BCUT2D eigenvalue weighted by molar-refractivity contribution is 0.621. The summed E-state index contributed by atoms with van der Waals surface area (Å²) in [6.07, 6.45) is 1.88. The Morgan fingerprint density at radius 2 is 2.25 bits per heavy atom. The zero-order chi connectivity index (χ0) is 12.1. The summed E-state index contributed by atoms with van der Waals surface area (Å²) < 4.78 is 14.4. The van der Waals surface area contributed by atoms with Crippen LogP contribution in [0, 0.1) is 5.82 Å². The minimum atomic E-state index is -0.189. The van der Waals surface area contributed by atoms with Crippen molar-refractivity contribution in [3.63, 3.8) is 0 Å². The molecule has 0 aliphatic rings. The molecular formula is C13H17BrFN. The van der Waals surface area contributed by atoms with Crippen molar-refractivity contribution in [3.8, 4) is 0 Å². The van der Waals surface area contributed by atoms with Crippen molar-refractivity contribution in [1.82, 2.24) is 5.32 Å². The third-order valence-corrected chi connectivity index (χ3v) is 3.03. The molecule has 0 amide bonds. The number of hydrogen-bond acceptors (Lipinski definition) is 1. The predicted octanol–water partition coefficient (Wildman–Crippen LogP) is 3.99. The molecule has 0 saturated carbocycles. The molecule has 1 N–H and O–H groups in total. The molecule has 0 aliphatic carbocycles. The molecule has 0 saturated heterocycles. The first kappa shape index (κ1) is 13.4. The largest absolute Gasteiger partial charge is 0.311 e. The molecule has 3 heteroatoms. The van der Waals surface area contributed by atoms with Crippen molar-refractivity contribution in [1.29, 1.82) is 0 Å². The maximum Gasteiger partial charge on any atom is 0.130 e. The fraction of sp³-hybridized carbons (Fsp3) is 0.385. The van der Waals surface area contributed by atoms with Gasteiger partial charge in [0, 0.05) is 16.1 Å². The average Bonchev–Trinajstić information content (AvgIpc) is 2.23. The molecule has 16 heavy (non-hydrogen) atoms. The van der Waals surface area contributed by atoms with Crippen LogP contribution >= 0.6 is 15.9 Å². The molecule has 1 aromatic carbocycles.